The fraction of sp³-hybridized carbons (Fsp3) is 0.500. The molecule has 0 saturated carbocycles. The Hall–Kier alpha value is -0.660. The van der Waals surface area contributed by atoms with Crippen LogP contribution in [-0.2, 0) is 0 Å². The van der Waals surface area contributed by atoms with Gasteiger partial charge in [-0.15, -0.1) is 11.3 Å². The summed E-state index contributed by atoms with van der Waals surface area (Å²) in [7, 11) is 0. The van der Waals surface area contributed by atoms with Crippen LogP contribution in [0.3, 0.4) is 0 Å². The number of anilines is 2. The molecule has 4 nitrogen and oxygen atoms in total. The average molecular weight is 312 g/mol. The Morgan fingerprint density at radius 3 is 3.11 bits per heavy atom. The van der Waals surface area contributed by atoms with Crippen molar-refractivity contribution in [2.75, 3.05) is 34.9 Å². The van der Waals surface area contributed by atoms with E-state index in [4.69, 9.17) is 5.73 Å². The lowest BCUT2D eigenvalue weighted by Gasteiger charge is -2.21. The van der Waals surface area contributed by atoms with Crippen molar-refractivity contribution in [2.45, 2.75) is 12.2 Å². The molecule has 7 heteroatoms. The molecule has 2 aromatic rings. The van der Waals surface area contributed by atoms with Gasteiger partial charge in [-0.25, -0.2) is 4.98 Å². The highest BCUT2D eigenvalue weighted by molar-refractivity contribution is 8.06. The highest BCUT2D eigenvalue weighted by atomic mass is 32.2. The number of hydrogen-bond acceptors (Lipinski definition) is 7. The predicted molar refractivity (Wildman–Crippen MR) is 88.6 cm³/mol. The smallest absolute Gasteiger partial charge is 0.223 e. The van der Waals surface area contributed by atoms with Gasteiger partial charge in [0.1, 0.15) is 10.6 Å². The lowest BCUT2D eigenvalue weighted by Crippen LogP contribution is -2.23. The Bertz CT molecular complexity index is 578. The van der Waals surface area contributed by atoms with Crippen molar-refractivity contribution >= 4 is 56.8 Å². The van der Waals surface area contributed by atoms with E-state index in [2.05, 4.69) is 28.3 Å². The van der Waals surface area contributed by atoms with Crippen LogP contribution in [0, 0.1) is 6.92 Å². The summed E-state index contributed by atoms with van der Waals surface area (Å²) in [6.07, 6.45) is 0. The molecule has 1 aliphatic heterocycles. The van der Waals surface area contributed by atoms with Gasteiger partial charge in [-0.05, 0) is 13.0 Å². The molecule has 0 amide bonds. The van der Waals surface area contributed by atoms with Crippen molar-refractivity contribution in [2.24, 2.45) is 0 Å². The van der Waals surface area contributed by atoms with Crippen molar-refractivity contribution in [1.29, 1.82) is 0 Å². The Morgan fingerprint density at radius 1 is 1.42 bits per heavy atom. The molecule has 1 aliphatic rings. The summed E-state index contributed by atoms with van der Waals surface area (Å²) < 4.78 is 0. The van der Waals surface area contributed by atoms with Gasteiger partial charge in [-0.1, -0.05) is 0 Å². The van der Waals surface area contributed by atoms with Crippen LogP contribution in [0.15, 0.2) is 6.07 Å². The summed E-state index contributed by atoms with van der Waals surface area (Å²) in [5.41, 5.74) is 5.78. The molecule has 3 N–H and O–H groups in total. The topological polar surface area (TPSA) is 63.8 Å². The molecular weight excluding hydrogens is 296 g/mol. The number of nitrogens with one attached hydrogen (secondary N) is 1. The van der Waals surface area contributed by atoms with Crippen molar-refractivity contribution in [3.8, 4) is 0 Å². The molecular formula is C12H16N4S3. The Kier molecular flexibility index (Phi) is 4.04. The number of nitrogen functional groups attached to an aromatic ring is 1. The minimum absolute atomic E-state index is 0.350. The molecule has 0 aromatic carbocycles. The second-order valence-corrected chi connectivity index (χ2v) is 8.25. The lowest BCUT2D eigenvalue weighted by molar-refractivity contribution is 0.995. The summed E-state index contributed by atoms with van der Waals surface area (Å²) in [4.78, 5) is 10.8. The number of nitrogens with zero attached hydrogens (tertiary/aromatic N) is 2. The highest BCUT2D eigenvalue weighted by Crippen LogP contribution is 2.30. The summed E-state index contributed by atoms with van der Waals surface area (Å²) >= 11 is 5.74. The Labute approximate surface area is 125 Å². The van der Waals surface area contributed by atoms with E-state index in [1.54, 1.807) is 11.3 Å². The third kappa shape index (κ3) is 3.09. The number of rotatable bonds is 3. The molecule has 19 heavy (non-hydrogen) atoms. The molecule has 1 saturated heterocycles. The second-order valence-electron chi connectivity index (χ2n) is 4.45. The number of hydrogen-bond donors (Lipinski definition) is 2. The fourth-order valence-electron chi connectivity index (χ4n) is 2.06. The van der Waals surface area contributed by atoms with Gasteiger partial charge >= 0.3 is 0 Å². The SMILES string of the molecule is Cc1cc2c(NCC3CSCCS3)nc(N)nc2s1. The highest BCUT2D eigenvalue weighted by Gasteiger charge is 2.15. The van der Waals surface area contributed by atoms with Crippen molar-refractivity contribution in [1.82, 2.24) is 9.97 Å². The van der Waals surface area contributed by atoms with Crippen LogP contribution in [0.4, 0.5) is 11.8 Å². The lowest BCUT2D eigenvalue weighted by atomic mass is 10.3. The van der Waals surface area contributed by atoms with E-state index < -0.39 is 0 Å². The largest absolute Gasteiger partial charge is 0.368 e. The van der Waals surface area contributed by atoms with Crippen LogP contribution in [0.2, 0.25) is 0 Å². The number of nitrogens with two attached hydrogens (primary N) is 1. The van der Waals surface area contributed by atoms with Crippen molar-refractivity contribution in [3.05, 3.63) is 10.9 Å². The number of aromatic nitrogens is 2. The van der Waals surface area contributed by atoms with E-state index in [0.29, 0.717) is 11.2 Å². The fourth-order valence-corrected chi connectivity index (χ4v) is 5.56. The van der Waals surface area contributed by atoms with Crippen molar-refractivity contribution in [3.63, 3.8) is 0 Å². The van der Waals surface area contributed by atoms with E-state index in [1.807, 2.05) is 23.5 Å². The van der Waals surface area contributed by atoms with Gasteiger partial charge < -0.3 is 11.1 Å². The van der Waals surface area contributed by atoms with E-state index in [0.717, 1.165) is 22.6 Å². The van der Waals surface area contributed by atoms with E-state index in [1.165, 1.54) is 22.1 Å². The zero-order chi connectivity index (χ0) is 13.2. The van der Waals surface area contributed by atoms with Gasteiger partial charge in [0, 0.05) is 33.9 Å². The van der Waals surface area contributed by atoms with E-state index in [-0.39, 0.29) is 0 Å². The van der Waals surface area contributed by atoms with E-state index >= 15 is 0 Å². The van der Waals surface area contributed by atoms with Crippen LogP contribution in [0.5, 0.6) is 0 Å². The van der Waals surface area contributed by atoms with Gasteiger partial charge in [0.2, 0.25) is 5.95 Å². The maximum Gasteiger partial charge on any atom is 0.223 e. The number of aryl methyl sites for hydroxylation is 1. The molecule has 0 bridgehead atoms. The number of thioether (sulfide) groups is 2. The van der Waals surface area contributed by atoms with Gasteiger partial charge in [-0.2, -0.15) is 28.5 Å². The normalized spacial score (nSPS) is 19.7. The monoisotopic (exact) mass is 312 g/mol. The molecule has 1 fully saturated rings. The molecule has 0 aliphatic carbocycles. The molecule has 3 rings (SSSR count). The third-order valence-corrected chi connectivity index (χ3v) is 6.70. The van der Waals surface area contributed by atoms with Gasteiger partial charge in [0.15, 0.2) is 0 Å². The van der Waals surface area contributed by atoms with Crippen LogP contribution in [0.25, 0.3) is 10.2 Å². The van der Waals surface area contributed by atoms with Gasteiger partial charge in [0.25, 0.3) is 0 Å². The zero-order valence-corrected chi connectivity index (χ0v) is 13.1. The number of thiophene rings is 1. The Balaban J connectivity index is 1.79. The minimum atomic E-state index is 0.350. The first kappa shape index (κ1) is 13.3. The third-order valence-electron chi connectivity index (χ3n) is 2.92. The van der Waals surface area contributed by atoms with Gasteiger partial charge in [-0.3, -0.25) is 0 Å². The molecule has 0 spiro atoms. The number of fused-ring (bicyclic) bond motifs is 1. The maximum absolute atomic E-state index is 5.78. The first-order valence-electron chi connectivity index (χ1n) is 6.19. The van der Waals surface area contributed by atoms with Crippen LogP contribution in [0.1, 0.15) is 4.88 Å². The average Bonchev–Trinajstić information content (AvgIpc) is 2.77. The summed E-state index contributed by atoms with van der Waals surface area (Å²) in [5, 5.41) is 5.20. The van der Waals surface area contributed by atoms with Crippen molar-refractivity contribution < 1.29 is 0 Å². The quantitative estimate of drug-likeness (QED) is 0.908. The van der Waals surface area contributed by atoms with Gasteiger partial charge in [0.05, 0.1) is 5.39 Å². The molecule has 3 heterocycles. The van der Waals surface area contributed by atoms with E-state index in [9.17, 15) is 0 Å². The summed E-state index contributed by atoms with van der Waals surface area (Å²) in [6, 6.07) is 2.13. The summed E-state index contributed by atoms with van der Waals surface area (Å²) in [5.74, 6) is 4.96. The Morgan fingerprint density at radius 2 is 2.32 bits per heavy atom. The second kappa shape index (κ2) is 5.76. The standard InChI is InChI=1S/C12H16N4S3/c1-7-4-9-10(15-12(13)16-11(9)19-7)14-5-8-6-17-2-3-18-8/h4,8H,2-3,5-6H2,1H3,(H3,13,14,15,16). The van der Waals surface area contributed by atoms with Crippen LogP contribution < -0.4 is 11.1 Å². The molecule has 1 unspecified atom stereocenters. The first-order chi connectivity index (χ1) is 9.22. The zero-order valence-electron chi connectivity index (χ0n) is 10.7. The first-order valence-corrected chi connectivity index (χ1v) is 9.21. The maximum atomic E-state index is 5.78. The molecule has 2 aromatic heterocycles. The molecule has 102 valence electrons. The molecule has 0 radical (unpaired) electrons. The molecule has 1 atom stereocenters. The predicted octanol–water partition coefficient (Wildman–Crippen LogP) is 2.84. The van der Waals surface area contributed by atoms with Crippen LogP contribution >= 0.6 is 34.9 Å². The summed E-state index contributed by atoms with van der Waals surface area (Å²) in [6.45, 7) is 3.03. The van der Waals surface area contributed by atoms with Crippen LogP contribution in [-0.4, -0.2) is 39.0 Å². The minimum Gasteiger partial charge on any atom is -0.368 e.